The molecule has 1 saturated carbocycles. The molecule has 2 heterocycles. The summed E-state index contributed by atoms with van der Waals surface area (Å²) in [5.41, 5.74) is 5.95. The lowest BCUT2D eigenvalue weighted by Gasteiger charge is -2.38. The molecular weight excluding hydrogens is 204 g/mol. The fourth-order valence-corrected chi connectivity index (χ4v) is 3.21. The van der Waals surface area contributed by atoms with Gasteiger partial charge in [0.1, 0.15) is 0 Å². The molecule has 2 aliphatic heterocycles. The Morgan fingerprint density at radius 3 is 2.31 bits per heavy atom. The van der Waals surface area contributed by atoms with Gasteiger partial charge in [-0.3, -0.25) is 4.90 Å². The number of fused-ring (bicyclic) bond motifs is 2. The normalized spacial score (nSPS) is 38.6. The van der Waals surface area contributed by atoms with Gasteiger partial charge < -0.3 is 15.6 Å². The zero-order chi connectivity index (χ0) is 11.2. The summed E-state index contributed by atoms with van der Waals surface area (Å²) >= 11 is 0. The molecule has 0 aromatic carbocycles. The summed E-state index contributed by atoms with van der Waals surface area (Å²) in [5, 5.41) is 9.49. The van der Waals surface area contributed by atoms with E-state index in [0.29, 0.717) is 18.1 Å². The number of morpholine rings is 1. The molecule has 3 unspecified atom stereocenters. The molecule has 0 spiro atoms. The number of ether oxygens (including phenoxy) is 1. The van der Waals surface area contributed by atoms with E-state index in [1.807, 2.05) is 0 Å². The zero-order valence-corrected chi connectivity index (χ0v) is 9.77. The quantitative estimate of drug-likeness (QED) is 0.705. The predicted molar refractivity (Wildman–Crippen MR) is 61.1 cm³/mol. The first-order valence-electron chi connectivity index (χ1n) is 6.47. The highest BCUT2D eigenvalue weighted by Gasteiger charge is 2.44. The number of aliphatic hydroxyl groups excluding tert-OH is 1. The van der Waals surface area contributed by atoms with Crippen LogP contribution in [-0.4, -0.2) is 54.0 Å². The Balaban J connectivity index is 1.61. The first-order chi connectivity index (χ1) is 7.69. The molecule has 4 nitrogen and oxygen atoms in total. The highest BCUT2D eigenvalue weighted by atomic mass is 16.5. The van der Waals surface area contributed by atoms with Gasteiger partial charge in [-0.2, -0.15) is 0 Å². The average molecular weight is 226 g/mol. The van der Waals surface area contributed by atoms with Crippen LogP contribution in [0.15, 0.2) is 0 Å². The Labute approximate surface area is 96.7 Å². The minimum Gasteiger partial charge on any atom is -0.394 e. The van der Waals surface area contributed by atoms with E-state index in [1.54, 1.807) is 0 Å². The summed E-state index contributed by atoms with van der Waals surface area (Å²) < 4.78 is 5.81. The van der Waals surface area contributed by atoms with Gasteiger partial charge in [0, 0.05) is 19.6 Å². The fourth-order valence-electron chi connectivity index (χ4n) is 3.21. The van der Waals surface area contributed by atoms with Crippen LogP contribution in [0.2, 0.25) is 0 Å². The molecule has 0 radical (unpaired) electrons. The van der Waals surface area contributed by atoms with Crippen LogP contribution in [0.1, 0.15) is 25.7 Å². The van der Waals surface area contributed by atoms with Crippen molar-refractivity contribution in [2.45, 2.75) is 43.4 Å². The van der Waals surface area contributed by atoms with Gasteiger partial charge in [0.25, 0.3) is 0 Å². The molecule has 92 valence electrons. The van der Waals surface area contributed by atoms with E-state index in [1.165, 1.54) is 25.7 Å². The van der Waals surface area contributed by atoms with Crippen LogP contribution in [0.4, 0.5) is 0 Å². The Morgan fingerprint density at radius 1 is 1.19 bits per heavy atom. The van der Waals surface area contributed by atoms with E-state index < -0.39 is 0 Å². The highest BCUT2D eigenvalue weighted by molar-refractivity contribution is 5.01. The summed E-state index contributed by atoms with van der Waals surface area (Å²) in [4.78, 5) is 2.40. The lowest BCUT2D eigenvalue weighted by atomic mass is 9.94. The maximum atomic E-state index is 9.49. The van der Waals surface area contributed by atoms with Gasteiger partial charge in [-0.25, -0.2) is 0 Å². The van der Waals surface area contributed by atoms with Crippen molar-refractivity contribution in [3.8, 4) is 0 Å². The second-order valence-electron chi connectivity index (χ2n) is 5.82. The standard InChI is InChI=1S/C12H22N2O2/c13-12(8-15,9-1-2-9)7-14-5-10-3-4-11(6-14)16-10/h9-11,15H,1-8,13H2. The maximum absolute atomic E-state index is 9.49. The molecule has 1 aliphatic carbocycles. The van der Waals surface area contributed by atoms with Gasteiger partial charge in [0.2, 0.25) is 0 Å². The van der Waals surface area contributed by atoms with Gasteiger partial charge in [-0.1, -0.05) is 0 Å². The molecule has 3 rings (SSSR count). The number of likely N-dealkylation sites (tertiary alicyclic amines) is 1. The monoisotopic (exact) mass is 226 g/mol. The van der Waals surface area contributed by atoms with Gasteiger partial charge in [-0.05, 0) is 31.6 Å². The number of hydrogen-bond donors (Lipinski definition) is 2. The second kappa shape index (κ2) is 3.95. The molecule has 3 N–H and O–H groups in total. The van der Waals surface area contributed by atoms with Crippen LogP contribution >= 0.6 is 0 Å². The van der Waals surface area contributed by atoms with Crippen molar-refractivity contribution < 1.29 is 9.84 Å². The van der Waals surface area contributed by atoms with Gasteiger partial charge >= 0.3 is 0 Å². The molecule has 3 atom stereocenters. The van der Waals surface area contributed by atoms with Gasteiger partial charge in [0.05, 0.1) is 24.4 Å². The molecule has 2 bridgehead atoms. The lowest BCUT2D eigenvalue weighted by Crippen LogP contribution is -2.57. The zero-order valence-electron chi connectivity index (χ0n) is 9.77. The molecule has 0 aromatic heterocycles. The Morgan fingerprint density at radius 2 is 1.81 bits per heavy atom. The minimum atomic E-state index is -0.364. The van der Waals surface area contributed by atoms with Gasteiger partial charge in [-0.15, -0.1) is 0 Å². The average Bonchev–Trinajstić information content (AvgIpc) is 3.06. The maximum Gasteiger partial charge on any atom is 0.0707 e. The van der Waals surface area contributed by atoms with Crippen LogP contribution in [0, 0.1) is 5.92 Å². The summed E-state index contributed by atoms with van der Waals surface area (Å²) in [7, 11) is 0. The lowest BCUT2D eigenvalue weighted by molar-refractivity contribution is -0.0484. The molecule has 2 saturated heterocycles. The van der Waals surface area contributed by atoms with E-state index >= 15 is 0 Å². The second-order valence-corrected chi connectivity index (χ2v) is 5.82. The Bertz CT molecular complexity index is 258. The van der Waals surface area contributed by atoms with Crippen molar-refractivity contribution in [2.24, 2.45) is 11.7 Å². The van der Waals surface area contributed by atoms with Crippen LogP contribution in [0.5, 0.6) is 0 Å². The minimum absolute atomic E-state index is 0.115. The van der Waals surface area contributed by atoms with Crippen molar-refractivity contribution in [3.05, 3.63) is 0 Å². The summed E-state index contributed by atoms with van der Waals surface area (Å²) in [6.07, 6.45) is 5.60. The third kappa shape index (κ3) is 1.99. The van der Waals surface area contributed by atoms with Crippen LogP contribution < -0.4 is 5.73 Å². The van der Waals surface area contributed by atoms with Crippen LogP contribution in [0.25, 0.3) is 0 Å². The molecule has 4 heteroatoms. The summed E-state index contributed by atoms with van der Waals surface area (Å²) in [5.74, 6) is 0.540. The van der Waals surface area contributed by atoms with Crippen molar-refractivity contribution in [3.63, 3.8) is 0 Å². The van der Waals surface area contributed by atoms with Crippen molar-refractivity contribution in [1.29, 1.82) is 0 Å². The predicted octanol–water partition coefficient (Wildman–Crippen LogP) is -0.0506. The van der Waals surface area contributed by atoms with Gasteiger partial charge in [0.15, 0.2) is 0 Å². The molecule has 0 aromatic rings. The number of aliphatic hydroxyl groups is 1. The van der Waals surface area contributed by atoms with E-state index in [4.69, 9.17) is 10.5 Å². The van der Waals surface area contributed by atoms with E-state index in [9.17, 15) is 5.11 Å². The number of hydrogen-bond acceptors (Lipinski definition) is 4. The first-order valence-corrected chi connectivity index (χ1v) is 6.47. The topological polar surface area (TPSA) is 58.7 Å². The molecule has 16 heavy (non-hydrogen) atoms. The third-order valence-corrected chi connectivity index (χ3v) is 4.32. The Kier molecular flexibility index (Phi) is 2.70. The van der Waals surface area contributed by atoms with E-state index in [0.717, 1.165) is 19.6 Å². The van der Waals surface area contributed by atoms with Crippen molar-refractivity contribution in [1.82, 2.24) is 4.90 Å². The summed E-state index contributed by atoms with van der Waals surface area (Å²) in [6, 6.07) is 0. The van der Waals surface area contributed by atoms with Crippen LogP contribution in [0.3, 0.4) is 0 Å². The van der Waals surface area contributed by atoms with Crippen molar-refractivity contribution >= 4 is 0 Å². The molecule has 3 aliphatic rings. The van der Waals surface area contributed by atoms with Crippen molar-refractivity contribution in [2.75, 3.05) is 26.2 Å². The molecule has 0 amide bonds. The first kappa shape index (κ1) is 11.0. The van der Waals surface area contributed by atoms with E-state index in [2.05, 4.69) is 4.90 Å². The fraction of sp³-hybridized carbons (Fsp3) is 1.00. The largest absolute Gasteiger partial charge is 0.394 e. The SMILES string of the molecule is NC(CO)(CN1CC2CCC(C1)O2)C1CC1. The number of nitrogens with two attached hydrogens (primary N) is 1. The summed E-state index contributed by atoms with van der Waals surface area (Å²) in [6.45, 7) is 2.96. The number of rotatable bonds is 4. The molecular formula is C12H22N2O2. The third-order valence-electron chi connectivity index (χ3n) is 4.32. The highest BCUT2D eigenvalue weighted by Crippen LogP contribution is 2.39. The molecule has 3 fully saturated rings. The van der Waals surface area contributed by atoms with E-state index in [-0.39, 0.29) is 12.1 Å². The van der Waals surface area contributed by atoms with Crippen LogP contribution in [-0.2, 0) is 4.74 Å². The Hall–Kier alpha value is -0.160. The number of nitrogens with zero attached hydrogens (tertiary/aromatic N) is 1. The smallest absolute Gasteiger partial charge is 0.0707 e.